The number of methoxy groups -OCH3 is 1. The van der Waals surface area contributed by atoms with Crippen molar-refractivity contribution in [2.75, 3.05) is 25.6 Å². The number of anilines is 1. The number of esters is 1. The van der Waals surface area contributed by atoms with Crippen LogP contribution in [0.15, 0.2) is 76.9 Å². The van der Waals surface area contributed by atoms with Crippen molar-refractivity contribution in [1.82, 2.24) is 9.78 Å². The topological polar surface area (TPSA) is 109 Å². The van der Waals surface area contributed by atoms with Crippen molar-refractivity contribution in [1.29, 1.82) is 0 Å². The summed E-state index contributed by atoms with van der Waals surface area (Å²) in [5.41, 5.74) is -0.148. The SMILES string of the molecule is CCOC(=O)c1nn(-c2cccc(OC)c2)c(=O)c2c(NC(=O)COc3cccc4ccccc34)scc12. The highest BCUT2D eigenvalue weighted by atomic mass is 32.1. The minimum Gasteiger partial charge on any atom is -0.497 e. The number of rotatable bonds is 8. The lowest BCUT2D eigenvalue weighted by Gasteiger charge is -2.11. The van der Waals surface area contributed by atoms with Gasteiger partial charge in [-0.2, -0.15) is 9.78 Å². The lowest BCUT2D eigenvalue weighted by molar-refractivity contribution is -0.118. The van der Waals surface area contributed by atoms with Gasteiger partial charge in [-0.15, -0.1) is 11.3 Å². The van der Waals surface area contributed by atoms with Gasteiger partial charge in [0.15, 0.2) is 12.3 Å². The number of amides is 1. The first-order valence-electron chi connectivity index (χ1n) is 11.8. The van der Waals surface area contributed by atoms with Crippen LogP contribution in [-0.2, 0) is 9.53 Å². The summed E-state index contributed by atoms with van der Waals surface area (Å²) in [7, 11) is 1.51. The summed E-state index contributed by atoms with van der Waals surface area (Å²) in [6, 6.07) is 20.0. The number of hydrogen-bond donors (Lipinski definition) is 1. The Labute approximate surface area is 221 Å². The van der Waals surface area contributed by atoms with Gasteiger partial charge in [0.1, 0.15) is 16.5 Å². The number of thiophene rings is 1. The van der Waals surface area contributed by atoms with Crippen LogP contribution in [0.3, 0.4) is 0 Å². The van der Waals surface area contributed by atoms with Crippen molar-refractivity contribution >= 4 is 49.8 Å². The highest BCUT2D eigenvalue weighted by molar-refractivity contribution is 7.16. The second-order valence-corrected chi connectivity index (χ2v) is 9.03. The van der Waals surface area contributed by atoms with Gasteiger partial charge in [0.2, 0.25) is 0 Å². The van der Waals surface area contributed by atoms with Gasteiger partial charge < -0.3 is 19.5 Å². The molecule has 0 spiro atoms. The quantitative estimate of drug-likeness (QED) is 0.288. The summed E-state index contributed by atoms with van der Waals surface area (Å²) < 4.78 is 17.3. The highest BCUT2D eigenvalue weighted by Gasteiger charge is 2.23. The summed E-state index contributed by atoms with van der Waals surface area (Å²) in [4.78, 5) is 39.2. The van der Waals surface area contributed by atoms with Crippen LogP contribution in [0.25, 0.3) is 27.2 Å². The Hall–Kier alpha value is -4.70. The number of aromatic nitrogens is 2. The third-order valence-corrected chi connectivity index (χ3v) is 6.68. The smallest absolute Gasteiger partial charge is 0.359 e. The molecule has 10 heteroatoms. The van der Waals surface area contributed by atoms with Crippen molar-refractivity contribution in [3.05, 3.63) is 88.2 Å². The fourth-order valence-corrected chi connectivity index (χ4v) is 4.99. The first-order valence-corrected chi connectivity index (χ1v) is 12.6. The van der Waals surface area contributed by atoms with Crippen LogP contribution in [-0.4, -0.2) is 42.0 Å². The first kappa shape index (κ1) is 25.0. The summed E-state index contributed by atoms with van der Waals surface area (Å²) in [5, 5.41) is 11.3. The van der Waals surface area contributed by atoms with E-state index in [4.69, 9.17) is 14.2 Å². The maximum Gasteiger partial charge on any atom is 0.359 e. The second kappa shape index (κ2) is 10.7. The second-order valence-electron chi connectivity index (χ2n) is 8.16. The number of nitrogens with zero attached hydrogens (tertiary/aromatic N) is 2. The van der Waals surface area contributed by atoms with Crippen molar-refractivity contribution in [2.45, 2.75) is 6.92 Å². The van der Waals surface area contributed by atoms with E-state index in [0.29, 0.717) is 22.6 Å². The third-order valence-electron chi connectivity index (χ3n) is 5.78. The van der Waals surface area contributed by atoms with Crippen LogP contribution in [0, 0.1) is 0 Å². The van der Waals surface area contributed by atoms with E-state index in [2.05, 4.69) is 10.4 Å². The Morgan fingerprint density at radius 1 is 1.03 bits per heavy atom. The predicted molar refractivity (Wildman–Crippen MR) is 146 cm³/mol. The molecule has 192 valence electrons. The van der Waals surface area contributed by atoms with Gasteiger partial charge in [-0.05, 0) is 30.5 Å². The molecule has 0 bridgehead atoms. The standard InChI is InChI=1S/C28H23N3O6S/c1-3-36-28(34)25-21-16-38-26(24(21)27(33)31(30-25)18-10-7-11-19(14-18)35-2)29-23(32)15-37-22-13-6-9-17-8-4-5-12-20(17)22/h4-14,16H,3,15H2,1-2H3,(H,29,32). The van der Waals surface area contributed by atoms with Crippen LogP contribution in [0.1, 0.15) is 17.4 Å². The molecular formula is C28H23N3O6S. The van der Waals surface area contributed by atoms with Gasteiger partial charge in [0.05, 0.1) is 24.8 Å². The van der Waals surface area contributed by atoms with Crippen molar-refractivity contribution in [2.24, 2.45) is 0 Å². The Morgan fingerprint density at radius 2 is 1.82 bits per heavy atom. The van der Waals surface area contributed by atoms with Crippen LogP contribution in [0.5, 0.6) is 11.5 Å². The maximum absolute atomic E-state index is 13.6. The molecule has 0 aliphatic rings. The van der Waals surface area contributed by atoms with Crippen molar-refractivity contribution in [3.8, 4) is 17.2 Å². The number of fused-ring (bicyclic) bond motifs is 2. The number of carbonyl (C=O) groups is 2. The molecule has 0 saturated heterocycles. The van der Waals surface area contributed by atoms with Crippen LogP contribution >= 0.6 is 11.3 Å². The molecule has 5 aromatic rings. The lowest BCUT2D eigenvalue weighted by Crippen LogP contribution is -2.26. The average molecular weight is 530 g/mol. The van der Waals surface area contributed by atoms with Gasteiger partial charge in [-0.3, -0.25) is 9.59 Å². The minimum absolute atomic E-state index is 0.0342. The van der Waals surface area contributed by atoms with Gasteiger partial charge >= 0.3 is 5.97 Å². The summed E-state index contributed by atoms with van der Waals surface area (Å²) >= 11 is 1.12. The number of hydrogen-bond acceptors (Lipinski definition) is 8. The molecule has 2 heterocycles. The van der Waals surface area contributed by atoms with Gasteiger partial charge in [-0.1, -0.05) is 42.5 Å². The number of ether oxygens (including phenoxy) is 3. The average Bonchev–Trinajstić information content (AvgIpc) is 3.36. The molecule has 3 aromatic carbocycles. The van der Waals surface area contributed by atoms with Crippen molar-refractivity contribution in [3.63, 3.8) is 0 Å². The molecule has 0 saturated carbocycles. The molecule has 0 aliphatic heterocycles. The normalized spacial score (nSPS) is 10.9. The molecular weight excluding hydrogens is 506 g/mol. The fraction of sp³-hybridized carbons (Fsp3) is 0.143. The molecule has 5 rings (SSSR count). The molecule has 0 radical (unpaired) electrons. The van der Waals surface area contributed by atoms with E-state index >= 15 is 0 Å². The summed E-state index contributed by atoms with van der Waals surface area (Å²) in [5.74, 6) is -0.0468. The molecule has 0 fully saturated rings. The highest BCUT2D eigenvalue weighted by Crippen LogP contribution is 2.31. The molecule has 1 amide bonds. The number of carbonyl (C=O) groups excluding carboxylic acids is 2. The molecule has 0 aliphatic carbocycles. The Bertz CT molecular complexity index is 1720. The molecule has 9 nitrogen and oxygen atoms in total. The van der Waals surface area contributed by atoms with Crippen LogP contribution < -0.4 is 20.3 Å². The molecule has 2 aromatic heterocycles. The lowest BCUT2D eigenvalue weighted by atomic mass is 10.1. The van der Waals surface area contributed by atoms with Crippen LogP contribution in [0.4, 0.5) is 5.00 Å². The largest absolute Gasteiger partial charge is 0.497 e. The van der Waals surface area contributed by atoms with Gasteiger partial charge in [-0.25, -0.2) is 4.79 Å². The molecule has 1 N–H and O–H groups in total. The van der Waals surface area contributed by atoms with E-state index in [9.17, 15) is 14.4 Å². The zero-order valence-corrected chi connectivity index (χ0v) is 21.4. The van der Waals surface area contributed by atoms with E-state index in [1.807, 2.05) is 36.4 Å². The third kappa shape index (κ3) is 4.81. The Kier molecular flexibility index (Phi) is 7.05. The Morgan fingerprint density at radius 3 is 2.63 bits per heavy atom. The Balaban J connectivity index is 1.50. The van der Waals surface area contributed by atoms with Gasteiger partial charge in [0.25, 0.3) is 11.5 Å². The predicted octanol–water partition coefficient (Wildman–Crippen LogP) is 4.80. The monoisotopic (exact) mass is 529 g/mol. The van der Waals surface area contributed by atoms with E-state index in [-0.39, 0.29) is 29.3 Å². The van der Waals surface area contributed by atoms with Crippen molar-refractivity contribution < 1.29 is 23.8 Å². The number of benzene rings is 3. The van der Waals surface area contributed by atoms with Gasteiger partial charge in [0, 0.05) is 22.2 Å². The van der Waals surface area contributed by atoms with Crippen LogP contribution in [0.2, 0.25) is 0 Å². The maximum atomic E-state index is 13.6. The fourth-order valence-electron chi connectivity index (χ4n) is 4.04. The summed E-state index contributed by atoms with van der Waals surface area (Å²) in [6.07, 6.45) is 0. The first-order chi connectivity index (χ1) is 18.5. The van der Waals surface area contributed by atoms with E-state index in [1.165, 1.54) is 7.11 Å². The number of nitrogens with one attached hydrogen (secondary N) is 1. The molecule has 38 heavy (non-hydrogen) atoms. The van der Waals surface area contributed by atoms with E-state index in [0.717, 1.165) is 26.8 Å². The van der Waals surface area contributed by atoms with E-state index in [1.54, 1.807) is 42.6 Å². The molecule has 0 unspecified atom stereocenters. The zero-order chi connectivity index (χ0) is 26.6. The molecule has 0 atom stereocenters. The minimum atomic E-state index is -0.677. The van der Waals surface area contributed by atoms with E-state index < -0.39 is 17.4 Å². The zero-order valence-electron chi connectivity index (χ0n) is 20.6. The summed E-state index contributed by atoms with van der Waals surface area (Å²) in [6.45, 7) is 1.55.